The molecule has 0 amide bonds. The van der Waals surface area contributed by atoms with Crippen molar-refractivity contribution in [3.05, 3.63) is 0 Å². The molecular formula is C9H15NO2S. The molecule has 4 heteroatoms. The lowest BCUT2D eigenvalue weighted by atomic mass is 9.85. The highest BCUT2D eigenvalue weighted by atomic mass is 32.2. The molecule has 0 aromatic carbocycles. The zero-order valence-corrected chi connectivity index (χ0v) is 8.49. The standard InChI is InChI=1S/C9H15NO2S/c1-2-13-7-9(1)10-3-8(6-12-9)4-11-5-8/h10H,1-7H2. The van der Waals surface area contributed by atoms with Gasteiger partial charge in [0, 0.05) is 12.3 Å². The minimum Gasteiger partial charge on any atom is -0.380 e. The fourth-order valence-electron chi connectivity index (χ4n) is 2.12. The van der Waals surface area contributed by atoms with Gasteiger partial charge in [-0.25, -0.2) is 0 Å². The van der Waals surface area contributed by atoms with Gasteiger partial charge in [-0.05, 0) is 12.2 Å². The summed E-state index contributed by atoms with van der Waals surface area (Å²) in [6.07, 6.45) is 1.16. The fourth-order valence-corrected chi connectivity index (χ4v) is 3.40. The molecule has 0 bridgehead atoms. The van der Waals surface area contributed by atoms with E-state index >= 15 is 0 Å². The molecular weight excluding hydrogens is 186 g/mol. The van der Waals surface area contributed by atoms with Gasteiger partial charge in [0.2, 0.25) is 0 Å². The lowest BCUT2D eigenvalue weighted by Crippen LogP contribution is -2.65. The van der Waals surface area contributed by atoms with E-state index < -0.39 is 0 Å². The van der Waals surface area contributed by atoms with Gasteiger partial charge in [0.05, 0.1) is 25.2 Å². The van der Waals surface area contributed by atoms with Crippen molar-refractivity contribution < 1.29 is 9.47 Å². The first kappa shape index (κ1) is 8.53. The monoisotopic (exact) mass is 201 g/mol. The minimum absolute atomic E-state index is 0.0194. The van der Waals surface area contributed by atoms with Crippen LogP contribution in [0, 0.1) is 5.41 Å². The van der Waals surface area contributed by atoms with Crippen molar-refractivity contribution in [3.8, 4) is 0 Å². The summed E-state index contributed by atoms with van der Waals surface area (Å²) in [4.78, 5) is 0. The molecule has 1 N–H and O–H groups in total. The Morgan fingerprint density at radius 1 is 1.23 bits per heavy atom. The molecule has 3 saturated heterocycles. The zero-order valence-electron chi connectivity index (χ0n) is 7.67. The third-order valence-corrected chi connectivity index (χ3v) is 4.41. The maximum atomic E-state index is 5.97. The Labute approximate surface area is 82.5 Å². The van der Waals surface area contributed by atoms with E-state index in [0.29, 0.717) is 5.41 Å². The van der Waals surface area contributed by atoms with Gasteiger partial charge >= 0.3 is 0 Å². The van der Waals surface area contributed by atoms with E-state index in [1.54, 1.807) is 0 Å². The van der Waals surface area contributed by atoms with Gasteiger partial charge in [-0.3, -0.25) is 5.32 Å². The molecule has 3 nitrogen and oxygen atoms in total. The van der Waals surface area contributed by atoms with Gasteiger partial charge in [0.25, 0.3) is 0 Å². The highest BCUT2D eigenvalue weighted by Gasteiger charge is 2.48. The summed E-state index contributed by atoms with van der Waals surface area (Å²) >= 11 is 1.99. The second kappa shape index (κ2) is 2.86. The average Bonchev–Trinajstić information content (AvgIpc) is 2.53. The summed E-state index contributed by atoms with van der Waals surface area (Å²) in [5.74, 6) is 2.35. The van der Waals surface area contributed by atoms with Crippen LogP contribution in [0.15, 0.2) is 0 Å². The summed E-state index contributed by atoms with van der Waals surface area (Å²) in [6.45, 7) is 3.72. The summed E-state index contributed by atoms with van der Waals surface area (Å²) in [7, 11) is 0. The molecule has 3 heterocycles. The van der Waals surface area contributed by atoms with Crippen LogP contribution >= 0.6 is 11.8 Å². The predicted octanol–water partition coefficient (Wildman–Crippen LogP) is 0.456. The van der Waals surface area contributed by atoms with E-state index in [-0.39, 0.29) is 5.72 Å². The average molecular weight is 201 g/mol. The third kappa shape index (κ3) is 1.31. The first-order valence-electron chi connectivity index (χ1n) is 4.87. The number of thioether (sulfide) groups is 1. The summed E-state index contributed by atoms with van der Waals surface area (Å²) in [5.41, 5.74) is 0.337. The van der Waals surface area contributed by atoms with Gasteiger partial charge in [0.1, 0.15) is 5.72 Å². The molecule has 2 spiro atoms. The zero-order chi connectivity index (χ0) is 8.78. The quantitative estimate of drug-likeness (QED) is 0.616. The van der Waals surface area contributed by atoms with Crippen LogP contribution in [-0.2, 0) is 9.47 Å². The Hall–Kier alpha value is 0.230. The van der Waals surface area contributed by atoms with Crippen LogP contribution in [0.4, 0.5) is 0 Å². The normalized spacial score (nSPS) is 42.5. The Morgan fingerprint density at radius 3 is 2.62 bits per heavy atom. The highest BCUT2D eigenvalue weighted by Crippen LogP contribution is 2.38. The molecule has 74 valence electrons. The number of hydrogen-bond donors (Lipinski definition) is 1. The van der Waals surface area contributed by atoms with E-state index in [1.165, 1.54) is 5.75 Å². The van der Waals surface area contributed by atoms with Crippen molar-refractivity contribution in [2.45, 2.75) is 12.1 Å². The van der Waals surface area contributed by atoms with E-state index in [1.807, 2.05) is 11.8 Å². The molecule has 3 fully saturated rings. The molecule has 3 rings (SSSR count). The number of rotatable bonds is 0. The van der Waals surface area contributed by atoms with Crippen LogP contribution in [0.3, 0.4) is 0 Å². The van der Waals surface area contributed by atoms with Crippen molar-refractivity contribution >= 4 is 11.8 Å². The molecule has 3 aliphatic heterocycles. The van der Waals surface area contributed by atoms with Crippen LogP contribution in [-0.4, -0.2) is 43.6 Å². The van der Waals surface area contributed by atoms with Gasteiger partial charge in [-0.15, -0.1) is 0 Å². The van der Waals surface area contributed by atoms with Crippen molar-refractivity contribution in [2.75, 3.05) is 37.9 Å². The van der Waals surface area contributed by atoms with Crippen molar-refractivity contribution in [3.63, 3.8) is 0 Å². The van der Waals surface area contributed by atoms with Crippen molar-refractivity contribution in [2.24, 2.45) is 5.41 Å². The van der Waals surface area contributed by atoms with Gasteiger partial charge in [-0.1, -0.05) is 0 Å². The first-order chi connectivity index (χ1) is 6.33. The molecule has 1 atom stereocenters. The summed E-state index contributed by atoms with van der Waals surface area (Å²) in [5, 5.41) is 3.56. The maximum absolute atomic E-state index is 5.97. The molecule has 3 aliphatic rings. The topological polar surface area (TPSA) is 30.5 Å². The number of nitrogens with one attached hydrogen (secondary N) is 1. The second-order valence-electron chi connectivity index (χ2n) is 4.43. The summed E-state index contributed by atoms with van der Waals surface area (Å²) in [6, 6.07) is 0. The maximum Gasteiger partial charge on any atom is 0.129 e. The van der Waals surface area contributed by atoms with Gasteiger partial charge in [-0.2, -0.15) is 11.8 Å². The smallest absolute Gasteiger partial charge is 0.129 e. The van der Waals surface area contributed by atoms with Crippen molar-refractivity contribution in [1.29, 1.82) is 0 Å². The summed E-state index contributed by atoms with van der Waals surface area (Å²) < 4.78 is 11.2. The van der Waals surface area contributed by atoms with Crippen LogP contribution in [0.5, 0.6) is 0 Å². The molecule has 0 radical (unpaired) electrons. The lowest BCUT2D eigenvalue weighted by molar-refractivity contribution is -0.214. The lowest BCUT2D eigenvalue weighted by Gasteiger charge is -2.49. The van der Waals surface area contributed by atoms with Gasteiger partial charge < -0.3 is 9.47 Å². The van der Waals surface area contributed by atoms with E-state index in [0.717, 1.165) is 38.5 Å². The second-order valence-corrected chi connectivity index (χ2v) is 5.54. The first-order valence-corrected chi connectivity index (χ1v) is 6.03. The van der Waals surface area contributed by atoms with Crippen LogP contribution in [0.1, 0.15) is 6.42 Å². The fraction of sp³-hybridized carbons (Fsp3) is 1.00. The Morgan fingerprint density at radius 2 is 2.15 bits per heavy atom. The predicted molar refractivity (Wildman–Crippen MR) is 51.9 cm³/mol. The Balaban J connectivity index is 1.66. The third-order valence-electron chi connectivity index (χ3n) is 3.24. The van der Waals surface area contributed by atoms with Crippen LogP contribution in [0.2, 0.25) is 0 Å². The van der Waals surface area contributed by atoms with E-state index in [4.69, 9.17) is 9.47 Å². The van der Waals surface area contributed by atoms with Crippen LogP contribution in [0.25, 0.3) is 0 Å². The molecule has 0 aromatic heterocycles. The Bertz CT molecular complexity index is 200. The van der Waals surface area contributed by atoms with E-state index in [2.05, 4.69) is 5.32 Å². The Kier molecular flexibility index (Phi) is 1.88. The minimum atomic E-state index is 0.0194. The largest absolute Gasteiger partial charge is 0.380 e. The molecule has 1 unspecified atom stereocenters. The number of hydrogen-bond acceptors (Lipinski definition) is 4. The highest BCUT2D eigenvalue weighted by molar-refractivity contribution is 7.99. The van der Waals surface area contributed by atoms with Gasteiger partial charge in [0.15, 0.2) is 0 Å². The van der Waals surface area contributed by atoms with E-state index in [9.17, 15) is 0 Å². The molecule has 0 aromatic rings. The molecule has 13 heavy (non-hydrogen) atoms. The van der Waals surface area contributed by atoms with Crippen LogP contribution < -0.4 is 5.32 Å². The number of ether oxygens (including phenoxy) is 2. The van der Waals surface area contributed by atoms with Crippen molar-refractivity contribution in [1.82, 2.24) is 5.32 Å². The molecule has 0 aliphatic carbocycles. The SMILES string of the molecule is C1CC2(CS1)NCC1(COC1)CO2. The molecule has 0 saturated carbocycles.